The van der Waals surface area contributed by atoms with Gasteiger partial charge in [0.1, 0.15) is 4.99 Å². The van der Waals surface area contributed by atoms with Crippen molar-refractivity contribution in [3.63, 3.8) is 0 Å². The zero-order chi connectivity index (χ0) is 10.0. The monoisotopic (exact) mass is 196 g/mol. The second-order valence-electron chi connectivity index (χ2n) is 2.64. The predicted octanol–water partition coefficient (Wildman–Crippen LogP) is 1.54. The zero-order valence-electron chi connectivity index (χ0n) is 6.98. The summed E-state index contributed by atoms with van der Waals surface area (Å²) in [6, 6.07) is 4.67. The summed E-state index contributed by atoms with van der Waals surface area (Å²) in [6.45, 7) is 1.82. The van der Waals surface area contributed by atoms with Gasteiger partial charge in [-0.1, -0.05) is 18.3 Å². The number of hydrogen-bond donors (Lipinski definition) is 1. The molecule has 0 unspecified atom stereocenters. The molecule has 4 nitrogen and oxygen atoms in total. The number of nitrogens with zero attached hydrogens (tertiary/aromatic N) is 1. The lowest BCUT2D eigenvalue weighted by atomic mass is 10.1. The van der Waals surface area contributed by atoms with Gasteiger partial charge in [-0.25, -0.2) is 0 Å². The molecular weight excluding hydrogens is 188 g/mol. The van der Waals surface area contributed by atoms with Crippen LogP contribution in [0.15, 0.2) is 18.2 Å². The zero-order valence-corrected chi connectivity index (χ0v) is 7.80. The fraction of sp³-hybridized carbons (Fsp3) is 0.125. The Kier molecular flexibility index (Phi) is 2.57. The van der Waals surface area contributed by atoms with Gasteiger partial charge in [-0.3, -0.25) is 10.1 Å². The molecule has 0 aromatic heterocycles. The van der Waals surface area contributed by atoms with Crippen LogP contribution in [-0.2, 0) is 0 Å². The van der Waals surface area contributed by atoms with E-state index in [0.29, 0.717) is 5.56 Å². The molecule has 0 atom stereocenters. The molecule has 0 aliphatic carbocycles. The Labute approximate surface area is 80.5 Å². The molecule has 5 heteroatoms. The summed E-state index contributed by atoms with van der Waals surface area (Å²) in [5.41, 5.74) is 6.52. The number of nitro benzene ring substituents is 1. The molecule has 1 rings (SSSR count). The Morgan fingerprint density at radius 3 is 2.69 bits per heavy atom. The molecule has 0 saturated heterocycles. The second kappa shape index (κ2) is 3.49. The standard InChI is InChI=1S/C8H8N2O2S/c1-5-2-3-7(10(11)12)6(4-5)8(9)13/h2-4H,1H3,(H2,9,13). The molecule has 2 N–H and O–H groups in total. The summed E-state index contributed by atoms with van der Waals surface area (Å²) in [7, 11) is 0. The average Bonchev–Trinajstić information content (AvgIpc) is 2.03. The Hall–Kier alpha value is -1.49. The maximum atomic E-state index is 10.5. The van der Waals surface area contributed by atoms with Crippen LogP contribution in [0, 0.1) is 17.0 Å². The van der Waals surface area contributed by atoms with Crippen molar-refractivity contribution in [3.05, 3.63) is 39.4 Å². The number of hydrogen-bond acceptors (Lipinski definition) is 3. The van der Waals surface area contributed by atoms with Crippen LogP contribution >= 0.6 is 12.2 Å². The maximum Gasteiger partial charge on any atom is 0.279 e. The molecule has 0 spiro atoms. The Bertz CT molecular complexity index is 376. The van der Waals surface area contributed by atoms with E-state index in [1.54, 1.807) is 12.1 Å². The third-order valence-corrected chi connectivity index (χ3v) is 1.83. The maximum absolute atomic E-state index is 10.5. The molecule has 0 fully saturated rings. The van der Waals surface area contributed by atoms with Gasteiger partial charge in [-0.2, -0.15) is 0 Å². The van der Waals surface area contributed by atoms with E-state index in [4.69, 9.17) is 18.0 Å². The SMILES string of the molecule is Cc1ccc([N+](=O)[O-])c(C(N)=S)c1. The van der Waals surface area contributed by atoms with Crippen LogP contribution in [0.5, 0.6) is 0 Å². The molecule has 13 heavy (non-hydrogen) atoms. The van der Waals surface area contributed by atoms with Crippen molar-refractivity contribution < 1.29 is 4.92 Å². The number of nitrogens with two attached hydrogens (primary N) is 1. The minimum atomic E-state index is -0.492. The highest BCUT2D eigenvalue weighted by atomic mass is 32.1. The third-order valence-electron chi connectivity index (χ3n) is 1.61. The van der Waals surface area contributed by atoms with E-state index < -0.39 is 4.92 Å². The number of nitro groups is 1. The Morgan fingerprint density at radius 1 is 1.62 bits per heavy atom. The van der Waals surface area contributed by atoms with E-state index in [9.17, 15) is 10.1 Å². The number of benzene rings is 1. The van der Waals surface area contributed by atoms with E-state index in [-0.39, 0.29) is 10.7 Å². The fourth-order valence-corrected chi connectivity index (χ4v) is 1.17. The van der Waals surface area contributed by atoms with Crippen LogP contribution in [0.2, 0.25) is 0 Å². The van der Waals surface area contributed by atoms with Gasteiger partial charge in [0.25, 0.3) is 5.69 Å². The lowest BCUT2D eigenvalue weighted by molar-refractivity contribution is -0.385. The van der Waals surface area contributed by atoms with Crippen molar-refractivity contribution in [1.29, 1.82) is 0 Å². The summed E-state index contributed by atoms with van der Waals surface area (Å²) < 4.78 is 0. The molecule has 0 aliphatic rings. The molecule has 1 aromatic rings. The average molecular weight is 196 g/mol. The summed E-state index contributed by atoms with van der Waals surface area (Å²) >= 11 is 4.70. The summed E-state index contributed by atoms with van der Waals surface area (Å²) in [6.07, 6.45) is 0. The largest absolute Gasteiger partial charge is 0.389 e. The minimum absolute atomic E-state index is 0.0434. The van der Waals surface area contributed by atoms with Gasteiger partial charge in [0.05, 0.1) is 10.5 Å². The van der Waals surface area contributed by atoms with Crippen molar-refractivity contribution in [3.8, 4) is 0 Å². The first-order valence-electron chi connectivity index (χ1n) is 3.57. The molecule has 1 aromatic carbocycles. The smallest absolute Gasteiger partial charge is 0.279 e. The van der Waals surface area contributed by atoms with Gasteiger partial charge in [0, 0.05) is 6.07 Å². The molecule has 0 saturated carbocycles. The number of rotatable bonds is 2. The first kappa shape index (κ1) is 9.60. The quantitative estimate of drug-likeness (QED) is 0.442. The van der Waals surface area contributed by atoms with E-state index in [1.807, 2.05) is 6.92 Å². The molecule has 68 valence electrons. The van der Waals surface area contributed by atoms with Crippen LogP contribution in [0.3, 0.4) is 0 Å². The molecule has 0 amide bonds. The first-order chi connectivity index (χ1) is 6.02. The summed E-state index contributed by atoms with van der Waals surface area (Å²) in [5, 5.41) is 10.5. The van der Waals surface area contributed by atoms with Crippen LogP contribution in [0.4, 0.5) is 5.69 Å². The van der Waals surface area contributed by atoms with Crippen molar-refractivity contribution >= 4 is 22.9 Å². The van der Waals surface area contributed by atoms with Gasteiger partial charge < -0.3 is 5.73 Å². The van der Waals surface area contributed by atoms with E-state index in [0.717, 1.165) is 5.56 Å². The normalized spacial score (nSPS) is 9.62. The van der Waals surface area contributed by atoms with E-state index in [1.165, 1.54) is 6.07 Å². The highest BCUT2D eigenvalue weighted by Crippen LogP contribution is 2.19. The van der Waals surface area contributed by atoms with Crippen molar-refractivity contribution in [2.75, 3.05) is 0 Å². The van der Waals surface area contributed by atoms with Crippen molar-refractivity contribution in [1.82, 2.24) is 0 Å². The second-order valence-corrected chi connectivity index (χ2v) is 3.08. The number of aryl methyl sites for hydroxylation is 1. The fourth-order valence-electron chi connectivity index (χ4n) is 1.01. The lowest BCUT2D eigenvalue weighted by Gasteiger charge is -2.01. The molecule has 0 bridgehead atoms. The highest BCUT2D eigenvalue weighted by Gasteiger charge is 2.14. The van der Waals surface area contributed by atoms with Gasteiger partial charge in [-0.05, 0) is 18.6 Å². The summed E-state index contributed by atoms with van der Waals surface area (Å²) in [4.78, 5) is 10.1. The molecule has 0 heterocycles. The summed E-state index contributed by atoms with van der Waals surface area (Å²) in [5.74, 6) is 0. The molecular formula is C8H8N2O2S. The first-order valence-corrected chi connectivity index (χ1v) is 3.98. The topological polar surface area (TPSA) is 69.2 Å². The van der Waals surface area contributed by atoms with E-state index in [2.05, 4.69) is 0 Å². The van der Waals surface area contributed by atoms with Crippen LogP contribution in [0.25, 0.3) is 0 Å². The van der Waals surface area contributed by atoms with Crippen molar-refractivity contribution in [2.24, 2.45) is 5.73 Å². The Morgan fingerprint density at radius 2 is 2.23 bits per heavy atom. The predicted molar refractivity (Wildman–Crippen MR) is 53.7 cm³/mol. The lowest BCUT2D eigenvalue weighted by Crippen LogP contribution is -2.12. The van der Waals surface area contributed by atoms with Gasteiger partial charge in [-0.15, -0.1) is 0 Å². The Balaban J connectivity index is 3.35. The van der Waals surface area contributed by atoms with Gasteiger partial charge in [0.2, 0.25) is 0 Å². The van der Waals surface area contributed by atoms with Crippen molar-refractivity contribution in [2.45, 2.75) is 6.92 Å². The minimum Gasteiger partial charge on any atom is -0.389 e. The van der Waals surface area contributed by atoms with Gasteiger partial charge >= 0.3 is 0 Å². The van der Waals surface area contributed by atoms with Gasteiger partial charge in [0.15, 0.2) is 0 Å². The van der Waals surface area contributed by atoms with Crippen LogP contribution in [0.1, 0.15) is 11.1 Å². The highest BCUT2D eigenvalue weighted by molar-refractivity contribution is 7.80. The van der Waals surface area contributed by atoms with E-state index >= 15 is 0 Å². The molecule has 0 radical (unpaired) electrons. The van der Waals surface area contributed by atoms with Crippen LogP contribution < -0.4 is 5.73 Å². The molecule has 0 aliphatic heterocycles. The number of thiocarbonyl (C=S) groups is 1. The third kappa shape index (κ3) is 2.00. The van der Waals surface area contributed by atoms with Crippen LogP contribution in [-0.4, -0.2) is 9.91 Å².